The minimum absolute atomic E-state index is 0.0734. The van der Waals surface area contributed by atoms with Gasteiger partial charge in [-0.25, -0.2) is 9.59 Å². The van der Waals surface area contributed by atoms with Gasteiger partial charge in [0.25, 0.3) is 5.91 Å². The molecule has 1 aromatic heterocycles. The Labute approximate surface area is 285 Å². The van der Waals surface area contributed by atoms with E-state index >= 15 is 0 Å². The minimum Gasteiger partial charge on any atom is -0.490 e. The van der Waals surface area contributed by atoms with Gasteiger partial charge in [-0.15, -0.1) is 11.8 Å². The molecule has 1 atom stereocenters. The summed E-state index contributed by atoms with van der Waals surface area (Å²) in [7, 11) is 0. The van der Waals surface area contributed by atoms with Gasteiger partial charge in [-0.05, 0) is 49.2 Å². The van der Waals surface area contributed by atoms with E-state index in [9.17, 15) is 24.3 Å². The molecule has 0 spiro atoms. The first-order valence-corrected chi connectivity index (χ1v) is 16.4. The van der Waals surface area contributed by atoms with Crippen molar-refractivity contribution in [3.05, 3.63) is 94.8 Å². The van der Waals surface area contributed by atoms with Gasteiger partial charge in [0.1, 0.15) is 25.0 Å². The molecule has 2 amide bonds. The fraction of sp³-hybridized carbons (Fsp3) is 0.265. The van der Waals surface area contributed by atoms with Crippen LogP contribution in [0.15, 0.2) is 78.0 Å². The fourth-order valence-electron chi connectivity index (χ4n) is 5.12. The van der Waals surface area contributed by atoms with Crippen LogP contribution in [0.5, 0.6) is 5.75 Å². The number of nitrogens with one attached hydrogen (secondary N) is 1. The molecule has 12 nitrogen and oxygen atoms in total. The molecule has 5 rings (SSSR count). The number of ether oxygens (including phenoxy) is 2. The number of anilines is 1. The van der Waals surface area contributed by atoms with Gasteiger partial charge in [-0.2, -0.15) is 5.10 Å². The van der Waals surface area contributed by atoms with Crippen LogP contribution in [0.2, 0.25) is 5.02 Å². The van der Waals surface area contributed by atoms with Crippen molar-refractivity contribution in [2.75, 3.05) is 30.4 Å². The average molecular weight is 693 g/mol. The summed E-state index contributed by atoms with van der Waals surface area (Å²) in [4.78, 5) is 50.8. The van der Waals surface area contributed by atoms with Crippen LogP contribution >= 0.6 is 23.4 Å². The van der Waals surface area contributed by atoms with E-state index in [1.165, 1.54) is 0 Å². The lowest BCUT2D eigenvalue weighted by Crippen LogP contribution is -2.41. The first kappa shape index (κ1) is 34.3. The van der Waals surface area contributed by atoms with Gasteiger partial charge in [0.2, 0.25) is 0 Å². The smallest absolute Gasteiger partial charge is 0.414 e. The lowest BCUT2D eigenvalue weighted by Gasteiger charge is -2.29. The second kappa shape index (κ2) is 15.7. The predicted octanol–water partition coefficient (Wildman–Crippen LogP) is 5.74. The summed E-state index contributed by atoms with van der Waals surface area (Å²) in [5, 5.41) is 25.8. The predicted molar refractivity (Wildman–Crippen MR) is 180 cm³/mol. The van der Waals surface area contributed by atoms with Crippen LogP contribution in [0.3, 0.4) is 0 Å². The normalized spacial score (nSPS) is 12.9. The molecule has 0 bridgehead atoms. The van der Waals surface area contributed by atoms with E-state index in [0.717, 1.165) is 32.8 Å². The van der Waals surface area contributed by atoms with Crippen molar-refractivity contribution in [3.8, 4) is 16.9 Å². The number of halogens is 1. The van der Waals surface area contributed by atoms with Gasteiger partial charge in [0, 0.05) is 57.1 Å². The largest absolute Gasteiger partial charge is 0.490 e. The number of aromatic nitrogens is 2. The summed E-state index contributed by atoms with van der Waals surface area (Å²) in [6.45, 7) is 2.94. The number of hydrogen-bond acceptors (Lipinski definition) is 8. The SMILES string of the molecule is Cc1c(Cl)cccc1OCCOC(=O)N1CCSc2c(-c3cnn(Cc4cccc(C(=O)N[C@@H](CCC(=O)O)C(=O)O)c4)c3)cccc21. The number of thioether (sulfide) groups is 1. The number of carbonyl (C=O) groups excluding carboxylic acids is 2. The van der Waals surface area contributed by atoms with Crippen molar-refractivity contribution in [2.24, 2.45) is 0 Å². The van der Waals surface area contributed by atoms with Gasteiger partial charge >= 0.3 is 18.0 Å². The monoisotopic (exact) mass is 692 g/mol. The summed E-state index contributed by atoms with van der Waals surface area (Å²) < 4.78 is 13.0. The highest BCUT2D eigenvalue weighted by Crippen LogP contribution is 2.42. The van der Waals surface area contributed by atoms with Crippen molar-refractivity contribution in [1.29, 1.82) is 0 Å². The minimum atomic E-state index is -1.32. The number of aliphatic carboxylic acids is 2. The third-order valence-corrected chi connectivity index (χ3v) is 9.09. The van der Waals surface area contributed by atoms with Crippen LogP contribution in [0.25, 0.3) is 11.1 Å². The second-order valence-corrected chi connectivity index (χ2v) is 12.4. The number of nitrogens with zero attached hydrogens (tertiary/aromatic N) is 3. The maximum atomic E-state index is 13.1. The van der Waals surface area contributed by atoms with Crippen LogP contribution in [0.1, 0.15) is 34.3 Å². The van der Waals surface area contributed by atoms with Crippen molar-refractivity contribution >= 4 is 53.0 Å². The number of hydrogen-bond donors (Lipinski definition) is 3. The maximum Gasteiger partial charge on any atom is 0.414 e. The molecule has 2 heterocycles. The number of benzene rings is 3. The zero-order valence-corrected chi connectivity index (χ0v) is 27.5. The third-order valence-electron chi connectivity index (χ3n) is 7.58. The van der Waals surface area contributed by atoms with E-state index in [4.69, 9.17) is 26.2 Å². The molecule has 1 aliphatic rings. The Morgan fingerprint density at radius 2 is 1.85 bits per heavy atom. The molecular weight excluding hydrogens is 660 g/mol. The van der Waals surface area contributed by atoms with Crippen LogP contribution < -0.4 is 15.0 Å². The van der Waals surface area contributed by atoms with Crippen LogP contribution in [-0.4, -0.2) is 75.5 Å². The standard InChI is InChI=1S/C34H33ClN4O8S/c1-21-26(35)8-4-10-29(21)46-14-15-47-34(45)39-13-16-48-31-25(7-3-9-28(31)39)24-18-36-38(20-24)19-22-5-2-6-23(17-22)32(42)37-27(33(43)44)11-12-30(40)41/h2-10,17-18,20,27H,11-16,19H2,1H3,(H,37,42)(H,40,41)(H,43,44)/t27-/m0/s1. The highest BCUT2D eigenvalue weighted by Gasteiger charge is 2.27. The van der Waals surface area contributed by atoms with E-state index in [0.29, 0.717) is 29.6 Å². The Balaban J connectivity index is 1.23. The average Bonchev–Trinajstić information content (AvgIpc) is 3.54. The van der Waals surface area contributed by atoms with Crippen molar-refractivity contribution in [2.45, 2.75) is 37.2 Å². The van der Waals surface area contributed by atoms with Crippen molar-refractivity contribution in [1.82, 2.24) is 15.1 Å². The summed E-state index contributed by atoms with van der Waals surface area (Å²) in [5.74, 6) is -1.75. The van der Waals surface area contributed by atoms with Gasteiger partial charge in [0.05, 0.1) is 18.4 Å². The third kappa shape index (κ3) is 8.47. The quantitative estimate of drug-likeness (QED) is 0.148. The Bertz CT molecular complexity index is 1830. The van der Waals surface area contributed by atoms with E-state index < -0.39 is 30.0 Å². The molecule has 0 aliphatic carbocycles. The second-order valence-electron chi connectivity index (χ2n) is 10.9. The molecule has 48 heavy (non-hydrogen) atoms. The molecule has 0 saturated heterocycles. The molecule has 1 aliphatic heterocycles. The molecule has 0 saturated carbocycles. The van der Waals surface area contributed by atoms with Crippen LogP contribution in [0, 0.1) is 6.92 Å². The summed E-state index contributed by atoms with van der Waals surface area (Å²) >= 11 is 7.80. The number of fused-ring (bicyclic) bond motifs is 1. The molecule has 3 aromatic carbocycles. The zero-order valence-electron chi connectivity index (χ0n) is 25.9. The first-order chi connectivity index (χ1) is 23.1. The molecular formula is C34H33ClN4O8S. The Kier molecular flexibility index (Phi) is 11.2. The first-order valence-electron chi connectivity index (χ1n) is 15.1. The number of carboxylic acid groups (broad SMARTS) is 2. The summed E-state index contributed by atoms with van der Waals surface area (Å²) in [6.07, 6.45) is 2.54. The number of carbonyl (C=O) groups is 4. The Hall–Kier alpha value is -5.01. The number of carboxylic acids is 2. The Morgan fingerprint density at radius 3 is 2.65 bits per heavy atom. The zero-order chi connectivity index (χ0) is 34.2. The van der Waals surface area contributed by atoms with Gasteiger partial charge in [-0.1, -0.05) is 41.9 Å². The molecule has 4 aromatic rings. The molecule has 250 valence electrons. The number of amides is 2. The highest BCUT2D eigenvalue weighted by atomic mass is 35.5. The van der Waals surface area contributed by atoms with Crippen LogP contribution in [0.4, 0.5) is 10.5 Å². The molecule has 0 fully saturated rings. The van der Waals surface area contributed by atoms with Gasteiger partial charge in [0.15, 0.2) is 0 Å². The van der Waals surface area contributed by atoms with E-state index in [2.05, 4.69) is 10.4 Å². The summed E-state index contributed by atoms with van der Waals surface area (Å²) in [6, 6.07) is 16.5. The van der Waals surface area contributed by atoms with E-state index in [1.54, 1.807) is 57.9 Å². The Morgan fingerprint density at radius 1 is 1.06 bits per heavy atom. The van der Waals surface area contributed by atoms with Crippen molar-refractivity contribution in [3.63, 3.8) is 0 Å². The molecule has 0 unspecified atom stereocenters. The topological polar surface area (TPSA) is 160 Å². The lowest BCUT2D eigenvalue weighted by atomic mass is 10.1. The molecule has 14 heteroatoms. The molecule has 3 N–H and O–H groups in total. The molecule has 0 radical (unpaired) electrons. The lowest BCUT2D eigenvalue weighted by molar-refractivity contribution is -0.140. The fourth-order valence-corrected chi connectivity index (χ4v) is 6.43. The van der Waals surface area contributed by atoms with Crippen molar-refractivity contribution < 1.29 is 38.9 Å². The van der Waals surface area contributed by atoms with Gasteiger partial charge < -0.3 is 25.0 Å². The maximum absolute atomic E-state index is 13.1. The highest BCUT2D eigenvalue weighted by molar-refractivity contribution is 7.99. The van der Waals surface area contributed by atoms with Gasteiger partial charge in [-0.3, -0.25) is 19.2 Å². The van der Waals surface area contributed by atoms with Crippen LogP contribution in [-0.2, 0) is 20.9 Å². The van der Waals surface area contributed by atoms with E-state index in [1.807, 2.05) is 43.5 Å². The summed E-state index contributed by atoms with van der Waals surface area (Å²) in [5.41, 5.74) is 4.32. The van der Waals surface area contributed by atoms with E-state index in [-0.39, 0.29) is 31.6 Å². The number of rotatable bonds is 13.